The second kappa shape index (κ2) is 10.3. The Kier molecular flexibility index (Phi) is 6.98. The van der Waals surface area contributed by atoms with Crippen LogP contribution in [0.2, 0.25) is 0 Å². The molecule has 0 unspecified atom stereocenters. The Bertz CT molecular complexity index is 986. The van der Waals surface area contributed by atoms with Gasteiger partial charge in [0.05, 0.1) is 7.11 Å². The van der Waals surface area contributed by atoms with Gasteiger partial charge < -0.3 is 9.64 Å². The lowest BCUT2D eigenvalue weighted by atomic mass is 9.93. The molecule has 0 radical (unpaired) electrons. The minimum absolute atomic E-state index is 0.237. The maximum atomic E-state index is 12.9. The number of likely N-dealkylation sites (tertiary alicyclic amines) is 1. The average Bonchev–Trinajstić information content (AvgIpc) is 2.84. The van der Waals surface area contributed by atoms with E-state index in [0.717, 1.165) is 61.5 Å². The zero-order chi connectivity index (χ0) is 21.5. The molecule has 0 spiro atoms. The third-order valence-electron chi connectivity index (χ3n) is 6.04. The van der Waals surface area contributed by atoms with E-state index in [9.17, 15) is 4.79 Å². The fraction of sp³-hybridized carbons (Fsp3) is 0.333. The van der Waals surface area contributed by atoms with Crippen LogP contribution in [0.25, 0.3) is 0 Å². The Morgan fingerprint density at radius 2 is 1.81 bits per heavy atom. The molecule has 0 saturated carbocycles. The molecule has 0 aliphatic carbocycles. The monoisotopic (exact) mass is 414 g/mol. The average molecular weight is 415 g/mol. The molecule has 1 aliphatic rings. The molecular formula is C27H30N2O2. The van der Waals surface area contributed by atoms with Gasteiger partial charge in [0.25, 0.3) is 0 Å². The van der Waals surface area contributed by atoms with Crippen molar-refractivity contribution in [3.8, 4) is 5.75 Å². The molecule has 4 nitrogen and oxygen atoms in total. The number of benzene rings is 2. The molecule has 4 rings (SSSR count). The quantitative estimate of drug-likeness (QED) is 0.545. The molecule has 0 bridgehead atoms. The van der Waals surface area contributed by atoms with Gasteiger partial charge in [-0.05, 0) is 54.7 Å². The zero-order valence-electron chi connectivity index (χ0n) is 18.2. The lowest BCUT2D eigenvalue weighted by molar-refractivity contribution is -0.132. The number of aromatic nitrogens is 1. The number of rotatable bonds is 7. The van der Waals surface area contributed by atoms with Gasteiger partial charge in [0.1, 0.15) is 5.75 Å². The molecule has 2 aromatic carbocycles. The largest absolute Gasteiger partial charge is 0.497 e. The predicted octanol–water partition coefficient (Wildman–Crippen LogP) is 5.02. The van der Waals surface area contributed by atoms with Crippen LogP contribution in [-0.4, -0.2) is 36.0 Å². The van der Waals surface area contributed by atoms with Crippen LogP contribution in [0, 0.1) is 0 Å². The summed E-state index contributed by atoms with van der Waals surface area (Å²) in [5.41, 5.74) is 4.64. The highest BCUT2D eigenvalue weighted by molar-refractivity contribution is 5.76. The summed E-state index contributed by atoms with van der Waals surface area (Å²) in [7, 11) is 1.66. The molecule has 3 aromatic rings. The van der Waals surface area contributed by atoms with Crippen molar-refractivity contribution in [1.29, 1.82) is 0 Å². The van der Waals surface area contributed by atoms with Gasteiger partial charge >= 0.3 is 0 Å². The summed E-state index contributed by atoms with van der Waals surface area (Å²) in [6.07, 6.45) is 4.26. The Morgan fingerprint density at radius 1 is 1.00 bits per heavy atom. The van der Waals surface area contributed by atoms with E-state index in [-0.39, 0.29) is 5.91 Å². The summed E-state index contributed by atoms with van der Waals surface area (Å²) in [5, 5.41) is 0. The molecular weight excluding hydrogens is 384 g/mol. The van der Waals surface area contributed by atoms with Crippen molar-refractivity contribution < 1.29 is 9.53 Å². The summed E-state index contributed by atoms with van der Waals surface area (Å²) in [6.45, 7) is 1.62. The third-order valence-corrected chi connectivity index (χ3v) is 6.04. The number of nitrogens with zero attached hydrogens (tertiary/aromatic N) is 2. The van der Waals surface area contributed by atoms with Gasteiger partial charge in [0.2, 0.25) is 5.91 Å². The van der Waals surface area contributed by atoms with Crippen molar-refractivity contribution in [3.05, 3.63) is 95.3 Å². The van der Waals surface area contributed by atoms with Crippen LogP contribution in [0.5, 0.6) is 5.75 Å². The molecule has 2 heterocycles. The first-order valence-corrected chi connectivity index (χ1v) is 11.1. The Labute approximate surface area is 184 Å². The van der Waals surface area contributed by atoms with E-state index in [1.54, 1.807) is 7.11 Å². The molecule has 1 aliphatic heterocycles. The standard InChI is InChI=1S/C27H30N2O2/c1-31-25-15-12-21(13-16-25)14-17-27(30)29-18-6-9-23(20-29)26-11-5-10-24(28-26)19-22-7-3-2-4-8-22/h2-5,7-8,10-13,15-16,23H,6,9,14,17-20H2,1H3/t23-/m1/s1. The van der Waals surface area contributed by atoms with Gasteiger partial charge in [0.15, 0.2) is 0 Å². The van der Waals surface area contributed by atoms with E-state index in [4.69, 9.17) is 9.72 Å². The second-order valence-electron chi connectivity index (χ2n) is 8.24. The normalized spacial score (nSPS) is 16.2. The first-order chi connectivity index (χ1) is 15.2. The van der Waals surface area contributed by atoms with Crippen molar-refractivity contribution in [2.45, 2.75) is 38.0 Å². The van der Waals surface area contributed by atoms with Crippen LogP contribution in [0.1, 0.15) is 47.7 Å². The summed E-state index contributed by atoms with van der Waals surface area (Å²) < 4.78 is 5.20. The minimum atomic E-state index is 0.237. The number of carbonyl (C=O) groups excluding carboxylic acids is 1. The zero-order valence-corrected chi connectivity index (χ0v) is 18.2. The Hall–Kier alpha value is -3.14. The SMILES string of the molecule is COc1ccc(CCC(=O)N2CCC[C@@H](c3cccc(Cc4ccccc4)n3)C2)cc1. The smallest absolute Gasteiger partial charge is 0.222 e. The van der Waals surface area contributed by atoms with E-state index in [1.807, 2.05) is 35.2 Å². The first kappa shape index (κ1) is 21.1. The number of hydrogen-bond donors (Lipinski definition) is 0. The lowest BCUT2D eigenvalue weighted by Crippen LogP contribution is -2.39. The Balaban J connectivity index is 1.35. The molecule has 1 saturated heterocycles. The van der Waals surface area contributed by atoms with Gasteiger partial charge in [-0.3, -0.25) is 9.78 Å². The van der Waals surface area contributed by atoms with E-state index < -0.39 is 0 Å². The fourth-order valence-electron chi connectivity index (χ4n) is 4.28. The van der Waals surface area contributed by atoms with Crippen molar-refractivity contribution in [1.82, 2.24) is 9.88 Å². The predicted molar refractivity (Wildman–Crippen MR) is 123 cm³/mol. The summed E-state index contributed by atoms with van der Waals surface area (Å²) in [4.78, 5) is 19.8. The van der Waals surface area contributed by atoms with E-state index >= 15 is 0 Å². The van der Waals surface area contributed by atoms with Gasteiger partial charge in [0, 0.05) is 43.2 Å². The third kappa shape index (κ3) is 5.72. The molecule has 160 valence electrons. The van der Waals surface area contributed by atoms with Crippen molar-refractivity contribution in [2.75, 3.05) is 20.2 Å². The number of amides is 1. The van der Waals surface area contributed by atoms with Gasteiger partial charge in [-0.2, -0.15) is 0 Å². The topological polar surface area (TPSA) is 42.4 Å². The number of carbonyl (C=O) groups is 1. The fourth-order valence-corrected chi connectivity index (χ4v) is 4.28. The molecule has 1 amide bonds. The molecule has 1 aromatic heterocycles. The van der Waals surface area contributed by atoms with Crippen LogP contribution >= 0.6 is 0 Å². The number of methoxy groups -OCH3 is 1. The maximum Gasteiger partial charge on any atom is 0.222 e. The lowest BCUT2D eigenvalue weighted by Gasteiger charge is -2.32. The van der Waals surface area contributed by atoms with Gasteiger partial charge in [-0.1, -0.05) is 48.5 Å². The van der Waals surface area contributed by atoms with E-state index in [2.05, 4.69) is 42.5 Å². The van der Waals surface area contributed by atoms with E-state index in [0.29, 0.717) is 12.3 Å². The number of hydrogen-bond acceptors (Lipinski definition) is 3. The highest BCUT2D eigenvalue weighted by Gasteiger charge is 2.25. The summed E-state index contributed by atoms with van der Waals surface area (Å²) in [5.74, 6) is 1.39. The number of aryl methyl sites for hydroxylation is 1. The minimum Gasteiger partial charge on any atom is -0.497 e. The molecule has 1 atom stereocenters. The van der Waals surface area contributed by atoms with Crippen LogP contribution < -0.4 is 4.74 Å². The van der Waals surface area contributed by atoms with E-state index in [1.165, 1.54) is 5.56 Å². The molecule has 4 heteroatoms. The summed E-state index contributed by atoms with van der Waals surface area (Å²) >= 11 is 0. The van der Waals surface area contributed by atoms with Crippen molar-refractivity contribution in [3.63, 3.8) is 0 Å². The highest BCUT2D eigenvalue weighted by Crippen LogP contribution is 2.27. The summed E-state index contributed by atoms with van der Waals surface area (Å²) in [6, 6.07) is 24.7. The number of pyridine rings is 1. The second-order valence-corrected chi connectivity index (χ2v) is 8.24. The Morgan fingerprint density at radius 3 is 2.58 bits per heavy atom. The van der Waals surface area contributed by atoms with Crippen LogP contribution in [-0.2, 0) is 17.6 Å². The number of piperidine rings is 1. The van der Waals surface area contributed by atoms with Gasteiger partial charge in [-0.15, -0.1) is 0 Å². The molecule has 1 fully saturated rings. The molecule has 31 heavy (non-hydrogen) atoms. The number of ether oxygens (including phenoxy) is 1. The molecule has 0 N–H and O–H groups in total. The maximum absolute atomic E-state index is 12.9. The first-order valence-electron chi connectivity index (χ1n) is 11.1. The highest BCUT2D eigenvalue weighted by atomic mass is 16.5. The van der Waals surface area contributed by atoms with Crippen molar-refractivity contribution >= 4 is 5.91 Å². The van der Waals surface area contributed by atoms with Crippen LogP contribution in [0.3, 0.4) is 0 Å². The van der Waals surface area contributed by atoms with Crippen LogP contribution in [0.15, 0.2) is 72.8 Å². The van der Waals surface area contributed by atoms with Gasteiger partial charge in [-0.25, -0.2) is 0 Å². The van der Waals surface area contributed by atoms with Crippen LogP contribution in [0.4, 0.5) is 0 Å². The van der Waals surface area contributed by atoms with Crippen molar-refractivity contribution in [2.24, 2.45) is 0 Å².